The molecule has 0 aliphatic carbocycles. The van der Waals surface area contributed by atoms with E-state index >= 15 is 0 Å². The maximum atomic E-state index is 12.7. The van der Waals surface area contributed by atoms with Crippen LogP contribution in [0.1, 0.15) is 21.6 Å². The van der Waals surface area contributed by atoms with Crippen LogP contribution < -0.4 is 16.0 Å². The SMILES string of the molecule is Cc1ccc2nccc(Nc3ccc(C(=O)Nc4ccc(Nc5ccnc(C)c5)cc4)cn3)c2c1. The number of amides is 1. The van der Waals surface area contributed by atoms with E-state index in [1.165, 1.54) is 0 Å². The van der Waals surface area contributed by atoms with Gasteiger partial charge in [0.15, 0.2) is 0 Å². The van der Waals surface area contributed by atoms with Crippen LogP contribution in [0.15, 0.2) is 91.4 Å². The molecule has 2 aromatic carbocycles. The van der Waals surface area contributed by atoms with Crippen molar-refractivity contribution in [3.63, 3.8) is 0 Å². The Hall–Kier alpha value is -4.78. The maximum absolute atomic E-state index is 12.7. The monoisotopic (exact) mass is 460 g/mol. The summed E-state index contributed by atoms with van der Waals surface area (Å²) in [5.74, 6) is 0.428. The molecule has 172 valence electrons. The smallest absolute Gasteiger partial charge is 0.257 e. The number of benzene rings is 2. The summed E-state index contributed by atoms with van der Waals surface area (Å²) in [5.41, 5.74) is 6.98. The van der Waals surface area contributed by atoms with E-state index in [1.54, 1.807) is 30.7 Å². The molecule has 7 nitrogen and oxygen atoms in total. The number of anilines is 5. The average Bonchev–Trinajstić information content (AvgIpc) is 2.86. The van der Waals surface area contributed by atoms with Crippen molar-refractivity contribution in [2.45, 2.75) is 13.8 Å². The Labute approximate surface area is 203 Å². The largest absolute Gasteiger partial charge is 0.355 e. The number of hydrogen-bond acceptors (Lipinski definition) is 6. The van der Waals surface area contributed by atoms with Gasteiger partial charge in [-0.05, 0) is 80.6 Å². The number of aryl methyl sites for hydroxylation is 2. The van der Waals surface area contributed by atoms with Gasteiger partial charge in [0.25, 0.3) is 5.91 Å². The molecule has 3 aromatic heterocycles. The van der Waals surface area contributed by atoms with Crippen molar-refractivity contribution >= 4 is 45.4 Å². The van der Waals surface area contributed by atoms with Crippen LogP contribution in [0.25, 0.3) is 10.9 Å². The van der Waals surface area contributed by atoms with Gasteiger partial charge in [-0.25, -0.2) is 4.98 Å². The predicted octanol–water partition coefficient (Wildman–Crippen LogP) is 6.38. The summed E-state index contributed by atoms with van der Waals surface area (Å²) in [6.45, 7) is 4.00. The first-order valence-electron chi connectivity index (χ1n) is 11.2. The lowest BCUT2D eigenvalue weighted by atomic mass is 10.1. The van der Waals surface area contributed by atoms with Crippen LogP contribution in [0, 0.1) is 13.8 Å². The van der Waals surface area contributed by atoms with E-state index in [0.717, 1.165) is 39.2 Å². The average molecular weight is 461 g/mol. The van der Waals surface area contributed by atoms with Crippen LogP contribution in [0.5, 0.6) is 0 Å². The molecular formula is C28H24N6O. The van der Waals surface area contributed by atoms with Gasteiger partial charge in [-0.1, -0.05) is 11.6 Å². The summed E-state index contributed by atoms with van der Waals surface area (Å²) >= 11 is 0. The summed E-state index contributed by atoms with van der Waals surface area (Å²) in [7, 11) is 0. The fourth-order valence-corrected chi connectivity index (χ4v) is 3.74. The fraction of sp³-hybridized carbons (Fsp3) is 0.0714. The van der Waals surface area contributed by atoms with E-state index in [4.69, 9.17) is 0 Å². The van der Waals surface area contributed by atoms with Crippen LogP contribution in [0.4, 0.5) is 28.6 Å². The minimum atomic E-state index is -0.223. The molecule has 0 fully saturated rings. The summed E-state index contributed by atoms with van der Waals surface area (Å²) in [4.78, 5) is 25.7. The van der Waals surface area contributed by atoms with Crippen molar-refractivity contribution in [3.05, 3.63) is 108 Å². The molecule has 0 radical (unpaired) electrons. The van der Waals surface area contributed by atoms with Gasteiger partial charge in [0.2, 0.25) is 0 Å². The van der Waals surface area contributed by atoms with Crippen molar-refractivity contribution in [2.24, 2.45) is 0 Å². The topological polar surface area (TPSA) is 91.8 Å². The third-order valence-corrected chi connectivity index (χ3v) is 5.51. The normalized spacial score (nSPS) is 10.7. The van der Waals surface area contributed by atoms with Gasteiger partial charge >= 0.3 is 0 Å². The van der Waals surface area contributed by atoms with Gasteiger partial charge in [-0.15, -0.1) is 0 Å². The second kappa shape index (κ2) is 9.61. The molecule has 3 heterocycles. The van der Waals surface area contributed by atoms with Crippen molar-refractivity contribution in [1.82, 2.24) is 15.0 Å². The molecule has 5 aromatic rings. The summed E-state index contributed by atoms with van der Waals surface area (Å²) < 4.78 is 0. The lowest BCUT2D eigenvalue weighted by molar-refractivity contribution is 0.102. The number of rotatable bonds is 6. The molecule has 0 saturated heterocycles. The molecule has 0 saturated carbocycles. The first-order valence-corrected chi connectivity index (χ1v) is 11.2. The highest BCUT2D eigenvalue weighted by atomic mass is 16.1. The van der Waals surface area contributed by atoms with Gasteiger partial charge in [0.05, 0.1) is 16.8 Å². The van der Waals surface area contributed by atoms with Crippen LogP contribution in [-0.4, -0.2) is 20.9 Å². The predicted molar refractivity (Wildman–Crippen MR) is 141 cm³/mol. The van der Waals surface area contributed by atoms with E-state index < -0.39 is 0 Å². The van der Waals surface area contributed by atoms with Gasteiger partial charge in [-0.2, -0.15) is 0 Å². The number of carbonyl (C=O) groups excluding carboxylic acids is 1. The van der Waals surface area contributed by atoms with E-state index in [9.17, 15) is 4.79 Å². The Morgan fingerprint density at radius 3 is 2.29 bits per heavy atom. The standard InChI is InChI=1S/C28H24N6O/c1-18-3-9-25-24(15-18)26(12-14-30-25)34-27-10-4-20(17-31-27)28(35)33-22-7-5-21(6-8-22)32-23-11-13-29-19(2)16-23/h3-17H,1-2H3,(H,29,32)(H,33,35)(H,30,31,34). The Balaban J connectivity index is 1.24. The Morgan fingerprint density at radius 2 is 1.51 bits per heavy atom. The second-order valence-corrected chi connectivity index (χ2v) is 8.28. The zero-order valence-electron chi connectivity index (χ0n) is 19.4. The minimum Gasteiger partial charge on any atom is -0.355 e. The summed E-state index contributed by atoms with van der Waals surface area (Å²) in [6.07, 6.45) is 5.09. The van der Waals surface area contributed by atoms with Crippen LogP contribution in [0.2, 0.25) is 0 Å². The van der Waals surface area contributed by atoms with Gasteiger partial charge < -0.3 is 16.0 Å². The molecule has 35 heavy (non-hydrogen) atoms. The highest BCUT2D eigenvalue weighted by Gasteiger charge is 2.09. The molecule has 0 spiro atoms. The van der Waals surface area contributed by atoms with Crippen LogP contribution >= 0.6 is 0 Å². The Bertz CT molecular complexity index is 1500. The molecule has 0 aliphatic rings. The molecule has 3 N–H and O–H groups in total. The molecule has 0 aliphatic heterocycles. The minimum absolute atomic E-state index is 0.223. The van der Waals surface area contributed by atoms with Crippen LogP contribution in [0.3, 0.4) is 0 Å². The van der Waals surface area contributed by atoms with Crippen molar-refractivity contribution < 1.29 is 4.79 Å². The molecule has 0 atom stereocenters. The van der Waals surface area contributed by atoms with Gasteiger partial charge in [0, 0.05) is 46.7 Å². The number of nitrogens with zero attached hydrogens (tertiary/aromatic N) is 3. The van der Waals surface area contributed by atoms with E-state index in [0.29, 0.717) is 17.1 Å². The zero-order valence-corrected chi connectivity index (χ0v) is 19.4. The maximum Gasteiger partial charge on any atom is 0.257 e. The van der Waals surface area contributed by atoms with E-state index in [-0.39, 0.29) is 5.91 Å². The van der Waals surface area contributed by atoms with Crippen molar-refractivity contribution in [3.8, 4) is 0 Å². The highest BCUT2D eigenvalue weighted by molar-refractivity contribution is 6.04. The third-order valence-electron chi connectivity index (χ3n) is 5.51. The lowest BCUT2D eigenvalue weighted by Crippen LogP contribution is -2.12. The van der Waals surface area contributed by atoms with Crippen LogP contribution in [-0.2, 0) is 0 Å². The zero-order chi connectivity index (χ0) is 24.2. The number of hydrogen-bond donors (Lipinski definition) is 3. The number of pyridine rings is 3. The number of carbonyl (C=O) groups is 1. The summed E-state index contributed by atoms with van der Waals surface area (Å²) in [6, 6.07) is 23.0. The molecule has 0 unspecified atom stereocenters. The second-order valence-electron chi connectivity index (χ2n) is 8.28. The summed E-state index contributed by atoms with van der Waals surface area (Å²) in [5, 5.41) is 10.6. The Morgan fingerprint density at radius 1 is 0.714 bits per heavy atom. The number of fused-ring (bicyclic) bond motifs is 1. The highest BCUT2D eigenvalue weighted by Crippen LogP contribution is 2.25. The molecule has 1 amide bonds. The quantitative estimate of drug-likeness (QED) is 0.272. The van der Waals surface area contributed by atoms with Crippen molar-refractivity contribution in [2.75, 3.05) is 16.0 Å². The Kier molecular flexibility index (Phi) is 6.05. The first-order chi connectivity index (χ1) is 17.0. The molecular weight excluding hydrogens is 436 g/mol. The number of nitrogens with one attached hydrogen (secondary N) is 3. The van der Waals surface area contributed by atoms with Gasteiger partial charge in [0.1, 0.15) is 5.82 Å². The van der Waals surface area contributed by atoms with E-state index in [1.807, 2.05) is 68.4 Å². The third kappa shape index (κ3) is 5.25. The van der Waals surface area contributed by atoms with Crippen molar-refractivity contribution in [1.29, 1.82) is 0 Å². The molecule has 7 heteroatoms. The molecule has 0 bridgehead atoms. The first kappa shape index (κ1) is 22.0. The van der Waals surface area contributed by atoms with Gasteiger partial charge in [-0.3, -0.25) is 14.8 Å². The fourth-order valence-electron chi connectivity index (χ4n) is 3.74. The molecule has 5 rings (SSSR count). The lowest BCUT2D eigenvalue weighted by Gasteiger charge is -2.11. The van der Waals surface area contributed by atoms with E-state index in [2.05, 4.69) is 37.0 Å². The number of aromatic nitrogens is 3.